The molecule has 1 N–H and O–H groups in total. The molecule has 0 aliphatic carbocycles. The molecule has 2 aromatic rings. The summed E-state index contributed by atoms with van der Waals surface area (Å²) in [7, 11) is 0. The first-order valence-electron chi connectivity index (χ1n) is 6.42. The van der Waals surface area contributed by atoms with Crippen molar-refractivity contribution in [2.45, 2.75) is 33.2 Å². The number of nitrogens with one attached hydrogen (secondary N) is 1. The van der Waals surface area contributed by atoms with Crippen LogP contribution in [-0.2, 0) is 0 Å². The van der Waals surface area contributed by atoms with Gasteiger partial charge in [0.2, 0.25) is 0 Å². The van der Waals surface area contributed by atoms with Gasteiger partial charge in [0.25, 0.3) is 0 Å². The van der Waals surface area contributed by atoms with Gasteiger partial charge >= 0.3 is 0 Å². The van der Waals surface area contributed by atoms with E-state index >= 15 is 0 Å². The molecule has 0 aliphatic rings. The van der Waals surface area contributed by atoms with E-state index in [1.54, 1.807) is 12.5 Å². The number of hydrogen-bond donors (Lipinski definition) is 1. The molecule has 18 heavy (non-hydrogen) atoms. The van der Waals surface area contributed by atoms with Crippen molar-refractivity contribution in [2.24, 2.45) is 0 Å². The molecule has 0 radical (unpaired) electrons. The minimum atomic E-state index is 0.164. The highest BCUT2D eigenvalue weighted by Crippen LogP contribution is 2.24. The van der Waals surface area contributed by atoms with Crippen LogP contribution in [0.2, 0.25) is 0 Å². The average molecular weight is 244 g/mol. The minimum absolute atomic E-state index is 0.164. The van der Waals surface area contributed by atoms with Crippen LogP contribution in [0.5, 0.6) is 0 Å². The standard InChI is InChI=1S/C15H20N2O/c1-4-8-16-15(13-7-9-18-10-13)14-6-5-11(2)17-12(14)3/h5-7,9-10,15-16H,4,8H2,1-3H3. The summed E-state index contributed by atoms with van der Waals surface area (Å²) in [4.78, 5) is 4.54. The molecule has 2 rings (SSSR count). The Balaban J connectivity index is 2.33. The molecule has 1 atom stereocenters. The highest BCUT2D eigenvalue weighted by molar-refractivity contribution is 5.33. The fourth-order valence-corrected chi connectivity index (χ4v) is 2.14. The van der Waals surface area contributed by atoms with E-state index in [0.717, 1.165) is 29.9 Å². The van der Waals surface area contributed by atoms with Gasteiger partial charge in [-0.25, -0.2) is 0 Å². The number of pyridine rings is 1. The maximum Gasteiger partial charge on any atom is 0.0953 e. The van der Waals surface area contributed by atoms with E-state index in [-0.39, 0.29) is 6.04 Å². The number of aromatic nitrogens is 1. The van der Waals surface area contributed by atoms with Crippen LogP contribution in [-0.4, -0.2) is 11.5 Å². The van der Waals surface area contributed by atoms with Gasteiger partial charge in [-0.3, -0.25) is 4.98 Å². The molecule has 2 heterocycles. The summed E-state index contributed by atoms with van der Waals surface area (Å²) < 4.78 is 5.20. The lowest BCUT2D eigenvalue weighted by atomic mass is 9.99. The van der Waals surface area contributed by atoms with Crippen molar-refractivity contribution in [3.05, 3.63) is 53.2 Å². The Kier molecular flexibility index (Phi) is 4.15. The topological polar surface area (TPSA) is 38.1 Å². The van der Waals surface area contributed by atoms with Gasteiger partial charge in [0.15, 0.2) is 0 Å². The van der Waals surface area contributed by atoms with Crippen molar-refractivity contribution in [2.75, 3.05) is 6.54 Å². The summed E-state index contributed by atoms with van der Waals surface area (Å²) in [6.07, 6.45) is 4.62. The number of aryl methyl sites for hydroxylation is 2. The zero-order valence-corrected chi connectivity index (χ0v) is 11.2. The van der Waals surface area contributed by atoms with Crippen LogP contribution in [0.25, 0.3) is 0 Å². The predicted octanol–water partition coefficient (Wildman–Crippen LogP) is 3.38. The second kappa shape index (κ2) is 5.83. The monoisotopic (exact) mass is 244 g/mol. The molecule has 0 spiro atoms. The van der Waals surface area contributed by atoms with Gasteiger partial charge in [-0.2, -0.15) is 0 Å². The molecule has 0 fully saturated rings. The third kappa shape index (κ3) is 2.79. The van der Waals surface area contributed by atoms with Crippen molar-refractivity contribution >= 4 is 0 Å². The quantitative estimate of drug-likeness (QED) is 0.876. The van der Waals surface area contributed by atoms with Crippen LogP contribution in [0.1, 0.15) is 41.9 Å². The zero-order valence-electron chi connectivity index (χ0n) is 11.2. The summed E-state index contributed by atoms with van der Waals surface area (Å²) >= 11 is 0. The molecule has 3 heteroatoms. The van der Waals surface area contributed by atoms with Crippen molar-refractivity contribution in [3.8, 4) is 0 Å². The minimum Gasteiger partial charge on any atom is -0.472 e. The maximum atomic E-state index is 5.20. The Hall–Kier alpha value is -1.61. The molecule has 3 nitrogen and oxygen atoms in total. The second-order valence-corrected chi connectivity index (χ2v) is 4.57. The molecule has 0 saturated carbocycles. The highest BCUT2D eigenvalue weighted by Gasteiger charge is 2.17. The number of rotatable bonds is 5. The predicted molar refractivity (Wildman–Crippen MR) is 72.6 cm³/mol. The Bertz CT molecular complexity index is 491. The summed E-state index contributed by atoms with van der Waals surface area (Å²) in [6, 6.07) is 6.38. The Labute approximate surface area is 108 Å². The van der Waals surface area contributed by atoms with Crippen LogP contribution in [0.3, 0.4) is 0 Å². The lowest BCUT2D eigenvalue weighted by Gasteiger charge is -2.19. The molecule has 2 aromatic heterocycles. The molecular formula is C15H20N2O. The average Bonchev–Trinajstić information content (AvgIpc) is 2.85. The molecule has 0 bridgehead atoms. The van der Waals surface area contributed by atoms with Gasteiger partial charge in [-0.15, -0.1) is 0 Å². The van der Waals surface area contributed by atoms with Gasteiger partial charge in [-0.1, -0.05) is 13.0 Å². The van der Waals surface area contributed by atoms with Gasteiger partial charge < -0.3 is 9.73 Å². The number of furan rings is 1. The van der Waals surface area contributed by atoms with E-state index < -0.39 is 0 Å². The zero-order chi connectivity index (χ0) is 13.0. The Morgan fingerprint density at radius 2 is 2.11 bits per heavy atom. The SMILES string of the molecule is CCCNC(c1ccoc1)c1ccc(C)nc1C. The normalized spacial score (nSPS) is 12.6. The van der Waals surface area contributed by atoms with E-state index in [1.165, 1.54) is 5.56 Å². The van der Waals surface area contributed by atoms with Gasteiger partial charge in [0.05, 0.1) is 18.6 Å². The van der Waals surface area contributed by atoms with E-state index in [9.17, 15) is 0 Å². The first-order chi connectivity index (χ1) is 8.72. The van der Waals surface area contributed by atoms with Crippen molar-refractivity contribution in [1.29, 1.82) is 0 Å². The van der Waals surface area contributed by atoms with E-state index in [1.807, 2.05) is 13.0 Å². The van der Waals surface area contributed by atoms with E-state index in [0.29, 0.717) is 0 Å². The Morgan fingerprint density at radius 3 is 2.72 bits per heavy atom. The second-order valence-electron chi connectivity index (χ2n) is 4.57. The van der Waals surface area contributed by atoms with Crippen LogP contribution < -0.4 is 5.32 Å². The molecule has 0 amide bonds. The molecule has 1 unspecified atom stereocenters. The highest BCUT2D eigenvalue weighted by atomic mass is 16.3. The van der Waals surface area contributed by atoms with Crippen LogP contribution in [0, 0.1) is 13.8 Å². The molecule has 96 valence electrons. The van der Waals surface area contributed by atoms with Gasteiger partial charge in [-0.05, 0) is 44.5 Å². The van der Waals surface area contributed by atoms with Crippen molar-refractivity contribution < 1.29 is 4.42 Å². The first kappa shape index (κ1) is 12.8. The van der Waals surface area contributed by atoms with Gasteiger partial charge in [0, 0.05) is 17.0 Å². The van der Waals surface area contributed by atoms with Crippen LogP contribution >= 0.6 is 0 Å². The molecule has 0 saturated heterocycles. The van der Waals surface area contributed by atoms with E-state index in [2.05, 4.69) is 36.3 Å². The largest absolute Gasteiger partial charge is 0.472 e. The van der Waals surface area contributed by atoms with Crippen molar-refractivity contribution in [1.82, 2.24) is 10.3 Å². The number of nitrogens with zero attached hydrogens (tertiary/aromatic N) is 1. The van der Waals surface area contributed by atoms with Gasteiger partial charge in [0.1, 0.15) is 0 Å². The summed E-state index contributed by atoms with van der Waals surface area (Å²) in [6.45, 7) is 7.22. The van der Waals surface area contributed by atoms with Crippen molar-refractivity contribution in [3.63, 3.8) is 0 Å². The smallest absolute Gasteiger partial charge is 0.0953 e. The number of hydrogen-bond acceptors (Lipinski definition) is 3. The third-order valence-electron chi connectivity index (χ3n) is 3.05. The lowest BCUT2D eigenvalue weighted by Crippen LogP contribution is -2.23. The fraction of sp³-hybridized carbons (Fsp3) is 0.400. The molecular weight excluding hydrogens is 224 g/mol. The Morgan fingerprint density at radius 1 is 1.28 bits per heavy atom. The van der Waals surface area contributed by atoms with Crippen LogP contribution in [0.15, 0.2) is 35.1 Å². The molecule has 0 aromatic carbocycles. The summed E-state index contributed by atoms with van der Waals surface area (Å²) in [5.41, 5.74) is 4.50. The first-order valence-corrected chi connectivity index (χ1v) is 6.42. The maximum absolute atomic E-state index is 5.20. The lowest BCUT2D eigenvalue weighted by molar-refractivity contribution is 0.547. The fourth-order valence-electron chi connectivity index (χ4n) is 2.14. The van der Waals surface area contributed by atoms with E-state index in [4.69, 9.17) is 4.42 Å². The van der Waals surface area contributed by atoms with Crippen LogP contribution in [0.4, 0.5) is 0 Å². The molecule has 0 aliphatic heterocycles. The summed E-state index contributed by atoms with van der Waals surface area (Å²) in [5, 5.41) is 3.55. The third-order valence-corrected chi connectivity index (χ3v) is 3.05. The summed E-state index contributed by atoms with van der Waals surface area (Å²) in [5.74, 6) is 0.